The third-order valence-electron chi connectivity index (χ3n) is 27.8. The van der Waals surface area contributed by atoms with Gasteiger partial charge in [0, 0.05) is 69.7 Å². The molecule has 0 aliphatic carbocycles. The van der Waals surface area contributed by atoms with Gasteiger partial charge in [0.1, 0.15) is 0 Å². The van der Waals surface area contributed by atoms with E-state index in [2.05, 4.69) is 483 Å². The summed E-state index contributed by atoms with van der Waals surface area (Å²) in [6.07, 6.45) is 0. The SMILES string of the molecule is [2H]C([2H])([2H])c1ccc2c(c1)c1cc(C([2H])([2H])[2H])ccc1n2-c1ccc2c(c1)N(c1c(-c3ccc(-c4ccccc4)cc3)cc(C(C)(C)C)cc1-c1ccc(-c3ccccc3)cc1)c1cc(C(C)(C)C)cc3c1B2c1cc(-c2ccc([Si](c4ccccc4)(c4ccccc4)c4ccccc4)cc2)ccc1N3c1c(-c2ccc(-c3ccccc3)cc2)cc(C(C)(C)C)cc1-c1ccc(-c2ccccc2)cc1. The van der Waals surface area contributed by atoms with Gasteiger partial charge in [0.25, 0.3) is 6.71 Å². The Balaban J connectivity index is 0.893. The Labute approximate surface area is 793 Å². The molecular weight excluding hydrogens is 1620 g/mol. The van der Waals surface area contributed by atoms with Crippen LogP contribution in [0.25, 0.3) is 128 Å². The second kappa shape index (κ2) is 33.4. The van der Waals surface area contributed by atoms with E-state index >= 15 is 0 Å². The number of nitrogens with zero attached hydrogens (tertiary/aromatic N) is 3. The molecule has 0 atom stereocenters. The summed E-state index contributed by atoms with van der Waals surface area (Å²) in [4.78, 5) is 5.33. The summed E-state index contributed by atoms with van der Waals surface area (Å²) in [6.45, 7) is 15.7. The molecule has 0 saturated heterocycles. The van der Waals surface area contributed by atoms with Crippen molar-refractivity contribution in [3.8, 4) is 106 Å². The van der Waals surface area contributed by atoms with Crippen molar-refractivity contribution in [2.75, 3.05) is 9.80 Å². The fourth-order valence-electron chi connectivity index (χ4n) is 20.9. The second-order valence-electron chi connectivity index (χ2n) is 39.1. The lowest BCUT2D eigenvalue weighted by Gasteiger charge is -2.47. The quantitative estimate of drug-likeness (QED) is 0.0706. The van der Waals surface area contributed by atoms with Crippen molar-refractivity contribution in [1.29, 1.82) is 0 Å². The third-order valence-corrected chi connectivity index (χ3v) is 32.6. The average molecular weight is 1730 g/mol. The van der Waals surface area contributed by atoms with Gasteiger partial charge < -0.3 is 14.4 Å². The molecule has 0 fully saturated rings. The first-order valence-corrected chi connectivity index (χ1v) is 48.5. The zero-order chi connectivity index (χ0) is 95.6. The Morgan fingerprint density at radius 2 is 0.526 bits per heavy atom. The largest absolute Gasteiger partial charge is 0.310 e. The molecule has 0 saturated carbocycles. The van der Waals surface area contributed by atoms with Crippen LogP contribution in [-0.2, 0) is 16.2 Å². The van der Waals surface area contributed by atoms with Crippen LogP contribution >= 0.6 is 0 Å². The maximum Gasteiger partial charge on any atom is 0.252 e. The number of anilines is 6. The molecule has 3 nitrogen and oxygen atoms in total. The highest BCUT2D eigenvalue weighted by atomic mass is 28.3. The van der Waals surface area contributed by atoms with Crippen molar-refractivity contribution < 1.29 is 8.22 Å². The van der Waals surface area contributed by atoms with Gasteiger partial charge in [-0.1, -0.05) is 437 Å². The van der Waals surface area contributed by atoms with Crippen LogP contribution in [0.1, 0.15) is 98.4 Å². The Morgan fingerprint density at radius 1 is 0.233 bits per heavy atom. The van der Waals surface area contributed by atoms with Crippen molar-refractivity contribution in [3.63, 3.8) is 0 Å². The van der Waals surface area contributed by atoms with Crippen molar-refractivity contribution in [2.45, 2.75) is 92.3 Å². The molecule has 2 aliphatic rings. The first-order valence-electron chi connectivity index (χ1n) is 49.5. The van der Waals surface area contributed by atoms with Gasteiger partial charge >= 0.3 is 0 Å². The predicted octanol–water partition coefficient (Wildman–Crippen LogP) is 29.8. The lowest BCUT2D eigenvalue weighted by atomic mass is 9.33. The van der Waals surface area contributed by atoms with Crippen LogP contribution in [0.2, 0.25) is 0 Å². The molecule has 0 bridgehead atoms. The number of fused-ring (bicyclic) bond motifs is 7. The zero-order valence-electron chi connectivity index (χ0n) is 82.6. The van der Waals surface area contributed by atoms with Crippen molar-refractivity contribution in [1.82, 2.24) is 4.57 Å². The van der Waals surface area contributed by atoms with E-state index in [-0.39, 0.29) is 22.0 Å². The summed E-state index contributed by atoms with van der Waals surface area (Å²) < 4.78 is 55.5. The van der Waals surface area contributed by atoms with Crippen LogP contribution in [0.5, 0.6) is 0 Å². The minimum atomic E-state index is -3.00. The van der Waals surface area contributed by atoms with Gasteiger partial charge in [-0.25, -0.2) is 0 Å². The highest BCUT2D eigenvalue weighted by Gasteiger charge is 2.48. The van der Waals surface area contributed by atoms with E-state index in [1.807, 2.05) is 12.1 Å². The predicted molar refractivity (Wildman–Crippen MR) is 573 cm³/mol. The Morgan fingerprint density at radius 3 is 0.872 bits per heavy atom. The average Bonchev–Trinajstić information content (AvgIpc) is 1.10. The highest BCUT2D eigenvalue weighted by molar-refractivity contribution is 7.20. The van der Waals surface area contributed by atoms with Crippen LogP contribution in [0.4, 0.5) is 34.1 Å². The normalized spacial score (nSPS) is 13.4. The lowest BCUT2D eigenvalue weighted by molar-refractivity contribution is 0.590. The van der Waals surface area contributed by atoms with Crippen LogP contribution < -0.4 is 46.9 Å². The second-order valence-corrected chi connectivity index (χ2v) is 42.9. The van der Waals surface area contributed by atoms with Crippen molar-refractivity contribution in [2.24, 2.45) is 0 Å². The summed E-state index contributed by atoms with van der Waals surface area (Å²) >= 11 is 0. The van der Waals surface area contributed by atoms with Gasteiger partial charge in [-0.05, 0) is 241 Å². The van der Waals surface area contributed by atoms with Crippen molar-refractivity contribution >= 4 is 108 Å². The number of benzene rings is 19. The van der Waals surface area contributed by atoms with Gasteiger partial charge in [0.05, 0.1) is 22.4 Å². The van der Waals surface area contributed by atoms with E-state index in [9.17, 15) is 0 Å². The number of hydrogen-bond acceptors (Lipinski definition) is 2. The van der Waals surface area contributed by atoms with Crippen LogP contribution in [0, 0.1) is 13.7 Å². The minimum absolute atomic E-state index is 0.164. The smallest absolute Gasteiger partial charge is 0.252 e. The fourth-order valence-corrected chi connectivity index (χ4v) is 25.6. The Bertz CT molecular complexity index is 7680. The summed E-state index contributed by atoms with van der Waals surface area (Å²) in [5.41, 5.74) is 33.7. The summed E-state index contributed by atoms with van der Waals surface area (Å²) in [7, 11) is -3.00. The van der Waals surface area contributed by atoms with Crippen LogP contribution in [0.3, 0.4) is 0 Å². The molecule has 0 radical (unpaired) electrons. The molecule has 0 spiro atoms. The van der Waals surface area contributed by atoms with E-state index in [0.717, 1.165) is 179 Å². The maximum absolute atomic E-state index is 8.88. The molecule has 5 heteroatoms. The number of aryl methyl sites for hydroxylation is 2. The first kappa shape index (κ1) is 76.7. The molecule has 0 amide bonds. The summed E-state index contributed by atoms with van der Waals surface area (Å²) in [5.74, 6) is 0. The third kappa shape index (κ3) is 15.0. The fraction of sp³-hybridized carbons (Fsp3) is 0.109. The molecule has 2 aliphatic heterocycles. The molecule has 22 rings (SSSR count). The molecule has 133 heavy (non-hydrogen) atoms. The molecule has 0 N–H and O–H groups in total. The molecule has 1 aromatic heterocycles. The molecule has 640 valence electrons. The van der Waals surface area contributed by atoms with Gasteiger partial charge in [0.2, 0.25) is 0 Å². The van der Waals surface area contributed by atoms with E-state index in [0.29, 0.717) is 10.8 Å². The van der Waals surface area contributed by atoms with Crippen molar-refractivity contribution in [3.05, 3.63) is 471 Å². The molecule has 20 aromatic rings. The highest BCUT2D eigenvalue weighted by Crippen LogP contribution is 2.56. The van der Waals surface area contributed by atoms with Gasteiger partial charge in [-0.3, -0.25) is 0 Å². The van der Waals surface area contributed by atoms with Gasteiger partial charge in [-0.2, -0.15) is 0 Å². The number of aromatic nitrogens is 1. The first-order chi connectivity index (χ1) is 67.1. The Hall–Kier alpha value is -15.1. The standard InChI is InChI=1S/C128H106BN3Si/c1-85-47-72-117-113(75-85)114-76-86(2)48-73-118(114)130(117)104-68-71-115-120(84-104)132(125-111(98-61-53-93(54-62-98)89-37-23-14-24-38-89)80-102(127(6,7)8)81-112(125)99-63-55-94(56-64-99)90-39-25-15-26-40-90)122-83-103(128(9,10)11)82-121-123(122)129(115)116-77-100(95-65-69-108(70-66-95)133(105-41-27-16-28-42-105,106-43-29-17-30-44-106)107-45-31-18-32-46-107)67-74-119(116)131(121)124-109(96-57-49-91(50-58-96)87-33-19-12-20-34-87)78-101(126(3,4)5)79-110(124)97-59-51-92(52-60-97)88-35-21-13-22-36-88/h12-84H,1-11H3/i1D3,2D3. The number of rotatable bonds is 16. The summed E-state index contributed by atoms with van der Waals surface area (Å²) in [6, 6.07) is 163. The van der Waals surface area contributed by atoms with Crippen LogP contribution in [-0.4, -0.2) is 19.4 Å². The van der Waals surface area contributed by atoms with E-state index in [4.69, 9.17) is 8.22 Å². The molecular formula is C128H106BN3Si. The Kier molecular flexibility index (Phi) is 19.2. The summed E-state index contributed by atoms with van der Waals surface area (Å²) in [5, 5.41) is 6.45. The van der Waals surface area contributed by atoms with Gasteiger partial charge in [0.15, 0.2) is 8.07 Å². The van der Waals surface area contributed by atoms with E-state index < -0.39 is 33.9 Å². The minimum Gasteiger partial charge on any atom is -0.310 e. The van der Waals surface area contributed by atoms with Gasteiger partial charge in [-0.15, -0.1) is 0 Å². The molecule has 19 aromatic carbocycles. The lowest BCUT2D eigenvalue weighted by Crippen LogP contribution is -2.74. The van der Waals surface area contributed by atoms with E-state index in [1.54, 1.807) is 24.3 Å². The van der Waals surface area contributed by atoms with E-state index in [1.165, 1.54) is 26.3 Å². The maximum atomic E-state index is 8.88. The number of hydrogen-bond donors (Lipinski definition) is 0. The topological polar surface area (TPSA) is 11.4 Å². The van der Waals surface area contributed by atoms with Crippen LogP contribution in [0.15, 0.2) is 443 Å². The molecule has 3 heterocycles. The molecule has 0 unspecified atom stereocenters. The monoisotopic (exact) mass is 1730 g/mol. The zero-order valence-corrected chi connectivity index (χ0v) is 77.6.